The van der Waals surface area contributed by atoms with Gasteiger partial charge in [0.1, 0.15) is 0 Å². The maximum Gasteiger partial charge on any atom is 0.0467 e. The molecule has 3 aliphatic carbocycles. The lowest BCUT2D eigenvalue weighted by molar-refractivity contribution is 0.985. The molecule has 0 saturated heterocycles. The molecule has 2 heteroatoms. The van der Waals surface area contributed by atoms with E-state index < -0.39 is 0 Å². The van der Waals surface area contributed by atoms with Crippen LogP contribution >= 0.6 is 0 Å². The minimum atomic E-state index is 0.727. The van der Waals surface area contributed by atoms with Crippen molar-refractivity contribution in [3.63, 3.8) is 0 Å². The van der Waals surface area contributed by atoms with Crippen LogP contribution < -0.4 is 9.80 Å². The highest BCUT2D eigenvalue weighted by Gasteiger charge is 2.39. The Bertz CT molecular complexity index is 1810. The average molecular weight is 543 g/mol. The van der Waals surface area contributed by atoms with E-state index in [1.165, 1.54) is 56.9 Å². The molecule has 0 aliphatic heterocycles. The first-order chi connectivity index (χ1) is 20.7. The second-order valence-electron chi connectivity index (χ2n) is 11.8. The Hall–Kier alpha value is -4.82. The van der Waals surface area contributed by atoms with Crippen LogP contribution in [-0.2, 0) is 6.42 Å². The number of aryl methyl sites for hydroxylation is 1. The van der Waals surface area contributed by atoms with Gasteiger partial charge in [-0.05, 0) is 125 Å². The minimum absolute atomic E-state index is 0.727. The summed E-state index contributed by atoms with van der Waals surface area (Å²) in [5, 5.41) is 0. The maximum absolute atomic E-state index is 2.40. The van der Waals surface area contributed by atoms with Crippen molar-refractivity contribution in [1.29, 1.82) is 0 Å². The molecular weight excluding hydrogens is 508 g/mol. The standard InChI is InChI=1S/C40H34N2/c1-41(37-23-18-31-11-12-33-26-39(33)40(31)27-37)34-19-13-29(14-20-34)30-15-21-36(22-16-30)42(35-9-3-2-4-10-35)38-24-17-28-7-5-6-8-32(28)25-38/h2-4,6,8-25,27,33,39H,5,7,26H2,1H3. The Morgan fingerprint density at radius 2 is 1.29 bits per heavy atom. The van der Waals surface area contributed by atoms with Crippen LogP contribution in [0.1, 0.15) is 41.0 Å². The quantitative estimate of drug-likeness (QED) is 0.211. The van der Waals surface area contributed by atoms with Gasteiger partial charge in [0.15, 0.2) is 0 Å². The Morgan fingerprint density at radius 3 is 2.07 bits per heavy atom. The van der Waals surface area contributed by atoms with Crippen LogP contribution in [0.4, 0.5) is 28.4 Å². The zero-order valence-electron chi connectivity index (χ0n) is 23.9. The van der Waals surface area contributed by atoms with Gasteiger partial charge in [-0.1, -0.05) is 78.9 Å². The second kappa shape index (κ2) is 10.2. The Labute approximate surface area is 248 Å². The lowest BCUT2D eigenvalue weighted by Gasteiger charge is -2.27. The van der Waals surface area contributed by atoms with E-state index in [0.717, 1.165) is 36.1 Å². The van der Waals surface area contributed by atoms with Gasteiger partial charge in [0.25, 0.3) is 0 Å². The van der Waals surface area contributed by atoms with Crippen molar-refractivity contribution in [3.8, 4) is 11.1 Å². The lowest BCUT2D eigenvalue weighted by atomic mass is 9.96. The highest BCUT2D eigenvalue weighted by molar-refractivity contribution is 5.80. The van der Waals surface area contributed by atoms with Crippen molar-refractivity contribution in [2.45, 2.75) is 25.2 Å². The fourth-order valence-corrected chi connectivity index (χ4v) is 6.66. The Kier molecular flexibility index (Phi) is 6.07. The first-order valence-electron chi connectivity index (χ1n) is 15.1. The van der Waals surface area contributed by atoms with E-state index in [0.29, 0.717) is 0 Å². The molecule has 0 bridgehead atoms. The number of hydrogen-bond donors (Lipinski definition) is 0. The number of rotatable bonds is 6. The monoisotopic (exact) mass is 542 g/mol. The molecule has 1 saturated carbocycles. The summed E-state index contributed by atoms with van der Waals surface area (Å²) >= 11 is 0. The summed E-state index contributed by atoms with van der Waals surface area (Å²) in [5.74, 6) is 1.49. The molecule has 0 spiro atoms. The third-order valence-corrected chi connectivity index (χ3v) is 9.21. The van der Waals surface area contributed by atoms with Crippen LogP contribution in [0, 0.1) is 5.92 Å². The largest absolute Gasteiger partial charge is 0.345 e. The molecule has 3 aliphatic rings. The summed E-state index contributed by atoms with van der Waals surface area (Å²) in [4.78, 5) is 4.65. The molecule has 5 aromatic rings. The van der Waals surface area contributed by atoms with Crippen LogP contribution in [0.15, 0.2) is 127 Å². The van der Waals surface area contributed by atoms with Crippen molar-refractivity contribution in [2.75, 3.05) is 16.8 Å². The molecule has 2 unspecified atom stereocenters. The van der Waals surface area contributed by atoms with Crippen LogP contribution in [0.5, 0.6) is 0 Å². The molecule has 2 nitrogen and oxygen atoms in total. The molecule has 1 fully saturated rings. The normalized spacial score (nSPS) is 17.6. The second-order valence-corrected chi connectivity index (χ2v) is 11.8. The van der Waals surface area contributed by atoms with E-state index in [2.05, 4.69) is 156 Å². The van der Waals surface area contributed by atoms with E-state index in [4.69, 9.17) is 0 Å². The third-order valence-electron chi connectivity index (χ3n) is 9.21. The fraction of sp³-hybridized carbons (Fsp3) is 0.150. The number of anilines is 5. The van der Waals surface area contributed by atoms with E-state index in [1.807, 2.05) is 0 Å². The number of para-hydroxylation sites is 1. The summed E-state index contributed by atoms with van der Waals surface area (Å²) in [6.07, 6.45) is 12.8. The van der Waals surface area contributed by atoms with Crippen molar-refractivity contribution in [2.24, 2.45) is 5.92 Å². The van der Waals surface area contributed by atoms with Crippen molar-refractivity contribution in [3.05, 3.63) is 150 Å². The molecule has 204 valence electrons. The van der Waals surface area contributed by atoms with Gasteiger partial charge in [-0.15, -0.1) is 0 Å². The zero-order chi connectivity index (χ0) is 28.0. The molecule has 0 radical (unpaired) electrons. The third kappa shape index (κ3) is 4.54. The number of benzene rings is 5. The number of allylic oxidation sites excluding steroid dienone is 2. The van der Waals surface area contributed by atoms with E-state index >= 15 is 0 Å². The molecule has 0 amide bonds. The molecule has 0 aromatic heterocycles. The van der Waals surface area contributed by atoms with Crippen molar-refractivity contribution >= 4 is 40.6 Å². The van der Waals surface area contributed by atoms with E-state index in [9.17, 15) is 0 Å². The summed E-state index contributed by atoms with van der Waals surface area (Å²) < 4.78 is 0. The van der Waals surface area contributed by atoms with Crippen molar-refractivity contribution < 1.29 is 0 Å². The minimum Gasteiger partial charge on any atom is -0.345 e. The van der Waals surface area contributed by atoms with E-state index in [-0.39, 0.29) is 0 Å². The van der Waals surface area contributed by atoms with Crippen molar-refractivity contribution in [1.82, 2.24) is 0 Å². The summed E-state index contributed by atoms with van der Waals surface area (Å²) in [5.41, 5.74) is 14.0. The van der Waals surface area contributed by atoms with Gasteiger partial charge in [-0.3, -0.25) is 0 Å². The first kappa shape index (κ1) is 24.9. The molecule has 0 N–H and O–H groups in total. The SMILES string of the molecule is CN(c1ccc(-c2ccc(N(c3ccccc3)c3ccc4c(c3)C=CCC4)cc2)cc1)c1ccc2c(c1)C1CC1C=C2. The highest BCUT2D eigenvalue weighted by Crippen LogP contribution is 2.53. The molecule has 8 rings (SSSR count). The fourth-order valence-electron chi connectivity index (χ4n) is 6.66. The van der Waals surface area contributed by atoms with Gasteiger partial charge in [0, 0.05) is 35.5 Å². The van der Waals surface area contributed by atoms with Gasteiger partial charge >= 0.3 is 0 Å². The van der Waals surface area contributed by atoms with Crippen LogP contribution in [0.3, 0.4) is 0 Å². The van der Waals surface area contributed by atoms with Crippen LogP contribution in [0.2, 0.25) is 0 Å². The van der Waals surface area contributed by atoms with Gasteiger partial charge in [0.2, 0.25) is 0 Å². The Morgan fingerprint density at radius 1 is 0.595 bits per heavy atom. The zero-order valence-corrected chi connectivity index (χ0v) is 23.9. The predicted octanol–water partition coefficient (Wildman–Crippen LogP) is 10.7. The number of nitrogens with zero attached hydrogens (tertiary/aromatic N) is 2. The molecule has 0 heterocycles. The summed E-state index contributed by atoms with van der Waals surface area (Å²) in [7, 11) is 2.17. The Balaban J connectivity index is 1.06. The molecule has 2 atom stereocenters. The van der Waals surface area contributed by atoms with Crippen LogP contribution in [0.25, 0.3) is 23.3 Å². The molecule has 5 aromatic carbocycles. The van der Waals surface area contributed by atoms with E-state index in [1.54, 1.807) is 0 Å². The predicted molar refractivity (Wildman–Crippen MR) is 178 cm³/mol. The number of hydrogen-bond acceptors (Lipinski definition) is 2. The topological polar surface area (TPSA) is 6.48 Å². The average Bonchev–Trinajstić information content (AvgIpc) is 3.86. The lowest BCUT2D eigenvalue weighted by Crippen LogP contribution is -2.10. The smallest absolute Gasteiger partial charge is 0.0467 e. The summed E-state index contributed by atoms with van der Waals surface area (Å²) in [6.45, 7) is 0. The van der Waals surface area contributed by atoms with Crippen LogP contribution in [-0.4, -0.2) is 7.05 Å². The maximum atomic E-state index is 2.40. The highest BCUT2D eigenvalue weighted by atomic mass is 15.1. The molecule has 42 heavy (non-hydrogen) atoms. The first-order valence-corrected chi connectivity index (χ1v) is 15.1. The van der Waals surface area contributed by atoms with Gasteiger partial charge in [-0.2, -0.15) is 0 Å². The molecular formula is C40H34N2. The number of fused-ring (bicyclic) bond motifs is 4. The van der Waals surface area contributed by atoms with Gasteiger partial charge < -0.3 is 9.80 Å². The van der Waals surface area contributed by atoms with Gasteiger partial charge in [-0.25, -0.2) is 0 Å². The summed E-state index contributed by atoms with van der Waals surface area (Å²) in [6, 6.07) is 42.4. The van der Waals surface area contributed by atoms with Gasteiger partial charge in [0.05, 0.1) is 0 Å².